The number of likely N-dealkylation sites (N-methyl/N-ethyl adjacent to an activating group) is 1. The monoisotopic (exact) mass is 433 g/mol. The third kappa shape index (κ3) is 3.88. The van der Waals surface area contributed by atoms with Crippen LogP contribution in [0.3, 0.4) is 0 Å². The van der Waals surface area contributed by atoms with Gasteiger partial charge in [0.05, 0.1) is 11.1 Å². The predicted octanol–water partition coefficient (Wildman–Crippen LogP) is 5.23. The highest BCUT2D eigenvalue weighted by molar-refractivity contribution is 7.99. The number of benzene rings is 1. The van der Waals surface area contributed by atoms with Crippen molar-refractivity contribution in [2.24, 2.45) is 5.92 Å². The number of rotatable bonds is 5. The number of hydrogen-bond donors (Lipinski definition) is 0. The summed E-state index contributed by atoms with van der Waals surface area (Å²) >= 11 is 9.56. The zero-order valence-corrected chi connectivity index (χ0v) is 18.8. The van der Waals surface area contributed by atoms with Gasteiger partial charge in [0.2, 0.25) is 0 Å². The van der Waals surface area contributed by atoms with Gasteiger partial charge >= 0.3 is 0 Å². The van der Waals surface area contributed by atoms with Gasteiger partial charge in [0.25, 0.3) is 5.56 Å². The first-order valence-electron chi connectivity index (χ1n) is 9.58. The number of fused-ring (bicyclic) bond motifs is 3. The molecule has 0 fully saturated rings. The van der Waals surface area contributed by atoms with Crippen molar-refractivity contribution in [1.82, 2.24) is 14.5 Å². The average molecular weight is 434 g/mol. The Labute approximate surface area is 178 Å². The van der Waals surface area contributed by atoms with Crippen molar-refractivity contribution in [3.8, 4) is 5.69 Å². The number of hydrogen-bond acceptors (Lipinski definition) is 5. The molecule has 3 heterocycles. The van der Waals surface area contributed by atoms with Gasteiger partial charge in [-0.1, -0.05) is 43.3 Å². The van der Waals surface area contributed by atoms with Crippen molar-refractivity contribution in [3.63, 3.8) is 0 Å². The smallest absolute Gasteiger partial charge is 0.267 e. The normalized spacial score (nSPS) is 14.8. The number of aromatic nitrogens is 2. The molecule has 0 aliphatic carbocycles. The summed E-state index contributed by atoms with van der Waals surface area (Å²) in [5.41, 5.74) is 2.00. The van der Waals surface area contributed by atoms with Crippen LogP contribution in [0.1, 0.15) is 30.7 Å². The van der Waals surface area contributed by atoms with Crippen LogP contribution in [-0.4, -0.2) is 33.8 Å². The maximum atomic E-state index is 13.6. The van der Waals surface area contributed by atoms with Crippen LogP contribution in [0.15, 0.2) is 34.2 Å². The second kappa shape index (κ2) is 8.19. The second-order valence-corrected chi connectivity index (χ2v) is 10.3. The minimum absolute atomic E-state index is 0.0290. The molecule has 2 aromatic heterocycles. The molecule has 28 heavy (non-hydrogen) atoms. The SMILES string of the molecule is CC(C)CCSc1nc2sc3c(c2c(=O)n1-c1cccc(Cl)c1)CCN(C)C3. The van der Waals surface area contributed by atoms with Gasteiger partial charge < -0.3 is 4.90 Å². The summed E-state index contributed by atoms with van der Waals surface area (Å²) in [4.78, 5) is 23.0. The summed E-state index contributed by atoms with van der Waals surface area (Å²) in [6, 6.07) is 7.49. The van der Waals surface area contributed by atoms with E-state index in [0.29, 0.717) is 10.9 Å². The zero-order valence-electron chi connectivity index (χ0n) is 16.4. The fraction of sp³-hybridized carbons (Fsp3) is 0.429. The Morgan fingerprint density at radius 1 is 1.36 bits per heavy atom. The van der Waals surface area contributed by atoms with E-state index in [-0.39, 0.29) is 5.56 Å². The van der Waals surface area contributed by atoms with Crippen LogP contribution in [0.5, 0.6) is 0 Å². The van der Waals surface area contributed by atoms with E-state index in [0.717, 1.165) is 52.7 Å². The lowest BCUT2D eigenvalue weighted by Crippen LogP contribution is -2.27. The Morgan fingerprint density at radius 2 is 2.18 bits per heavy atom. The first-order chi connectivity index (χ1) is 13.4. The van der Waals surface area contributed by atoms with Crippen molar-refractivity contribution >= 4 is 44.9 Å². The molecule has 0 unspecified atom stereocenters. The molecule has 0 atom stereocenters. The second-order valence-electron chi connectivity index (χ2n) is 7.72. The Balaban J connectivity index is 1.90. The Bertz CT molecular complexity index is 1070. The predicted molar refractivity (Wildman–Crippen MR) is 120 cm³/mol. The largest absolute Gasteiger partial charge is 0.301 e. The van der Waals surface area contributed by atoms with Crippen LogP contribution in [-0.2, 0) is 13.0 Å². The highest BCUT2D eigenvalue weighted by atomic mass is 35.5. The molecule has 7 heteroatoms. The van der Waals surface area contributed by atoms with Crippen LogP contribution in [0.4, 0.5) is 0 Å². The first kappa shape index (κ1) is 20.0. The van der Waals surface area contributed by atoms with E-state index in [2.05, 4.69) is 25.8 Å². The molecule has 1 aliphatic heterocycles. The van der Waals surface area contributed by atoms with Crippen LogP contribution < -0.4 is 5.56 Å². The summed E-state index contributed by atoms with van der Waals surface area (Å²) in [6.45, 7) is 6.29. The maximum Gasteiger partial charge on any atom is 0.267 e. The average Bonchev–Trinajstić information content (AvgIpc) is 2.99. The van der Waals surface area contributed by atoms with Gasteiger partial charge in [0.15, 0.2) is 5.16 Å². The molecule has 0 saturated heterocycles. The molecular weight excluding hydrogens is 410 g/mol. The molecular formula is C21H24ClN3OS2. The van der Waals surface area contributed by atoms with E-state index in [4.69, 9.17) is 16.6 Å². The molecule has 0 radical (unpaired) electrons. The fourth-order valence-electron chi connectivity index (χ4n) is 3.48. The fourth-order valence-corrected chi connectivity index (χ4v) is 6.26. The van der Waals surface area contributed by atoms with E-state index < -0.39 is 0 Å². The van der Waals surface area contributed by atoms with Crippen LogP contribution in [0.2, 0.25) is 5.02 Å². The molecule has 0 spiro atoms. The highest BCUT2D eigenvalue weighted by Gasteiger charge is 2.24. The molecule has 4 rings (SSSR count). The summed E-state index contributed by atoms with van der Waals surface area (Å²) in [5, 5.41) is 2.17. The first-order valence-corrected chi connectivity index (χ1v) is 11.8. The van der Waals surface area contributed by atoms with Crippen molar-refractivity contribution in [2.45, 2.75) is 38.4 Å². The van der Waals surface area contributed by atoms with Gasteiger partial charge in [-0.05, 0) is 49.6 Å². The molecule has 0 N–H and O–H groups in total. The number of thioether (sulfide) groups is 1. The van der Waals surface area contributed by atoms with Gasteiger partial charge in [-0.3, -0.25) is 9.36 Å². The third-order valence-electron chi connectivity index (χ3n) is 5.03. The van der Waals surface area contributed by atoms with E-state index >= 15 is 0 Å². The van der Waals surface area contributed by atoms with Crippen molar-refractivity contribution in [3.05, 3.63) is 50.1 Å². The minimum atomic E-state index is 0.0290. The summed E-state index contributed by atoms with van der Waals surface area (Å²) < 4.78 is 1.75. The number of thiophene rings is 1. The third-order valence-corrected chi connectivity index (χ3v) is 7.34. The van der Waals surface area contributed by atoms with Gasteiger partial charge in [0, 0.05) is 28.7 Å². The van der Waals surface area contributed by atoms with Crippen LogP contribution in [0, 0.1) is 5.92 Å². The van der Waals surface area contributed by atoms with Gasteiger partial charge in [-0.25, -0.2) is 4.98 Å². The molecule has 0 saturated carbocycles. The number of halogens is 1. The molecule has 1 aromatic carbocycles. The standard InChI is InChI=1S/C21H24ClN3OS2/c1-13(2)8-10-27-21-23-19-18(16-7-9-24(3)12-17(16)28-19)20(26)25(21)15-6-4-5-14(22)11-15/h4-6,11,13H,7-10,12H2,1-3H3. The van der Waals surface area contributed by atoms with Gasteiger partial charge in [0.1, 0.15) is 4.83 Å². The summed E-state index contributed by atoms with van der Waals surface area (Å²) in [6.07, 6.45) is 1.98. The molecule has 3 aromatic rings. The summed E-state index contributed by atoms with van der Waals surface area (Å²) in [5.74, 6) is 1.55. The van der Waals surface area contributed by atoms with Crippen LogP contribution >= 0.6 is 34.7 Å². The topological polar surface area (TPSA) is 38.1 Å². The van der Waals surface area contributed by atoms with E-state index in [1.807, 2.05) is 24.3 Å². The van der Waals surface area contributed by atoms with Crippen molar-refractivity contribution < 1.29 is 0 Å². The van der Waals surface area contributed by atoms with E-state index in [1.165, 1.54) is 10.4 Å². The Kier molecular flexibility index (Phi) is 5.83. The van der Waals surface area contributed by atoms with Crippen molar-refractivity contribution in [1.29, 1.82) is 0 Å². The van der Waals surface area contributed by atoms with Gasteiger partial charge in [-0.2, -0.15) is 0 Å². The minimum Gasteiger partial charge on any atom is -0.301 e. The van der Waals surface area contributed by atoms with E-state index in [1.54, 1.807) is 27.7 Å². The lowest BCUT2D eigenvalue weighted by molar-refractivity contribution is 0.318. The lowest BCUT2D eigenvalue weighted by atomic mass is 10.1. The van der Waals surface area contributed by atoms with Crippen molar-refractivity contribution in [2.75, 3.05) is 19.3 Å². The molecule has 148 valence electrons. The van der Waals surface area contributed by atoms with Crippen LogP contribution in [0.25, 0.3) is 15.9 Å². The lowest BCUT2D eigenvalue weighted by Gasteiger charge is -2.21. The highest BCUT2D eigenvalue weighted by Crippen LogP contribution is 2.34. The quantitative estimate of drug-likeness (QED) is 0.408. The Morgan fingerprint density at radius 3 is 2.93 bits per heavy atom. The summed E-state index contributed by atoms with van der Waals surface area (Å²) in [7, 11) is 2.12. The van der Waals surface area contributed by atoms with E-state index in [9.17, 15) is 4.79 Å². The number of nitrogens with zero attached hydrogens (tertiary/aromatic N) is 3. The molecule has 1 aliphatic rings. The molecule has 0 bridgehead atoms. The zero-order chi connectivity index (χ0) is 19.8. The maximum absolute atomic E-state index is 13.6. The molecule has 0 amide bonds. The van der Waals surface area contributed by atoms with Gasteiger partial charge in [-0.15, -0.1) is 11.3 Å². The Hall–Kier alpha value is -1.34. The molecule has 4 nitrogen and oxygen atoms in total.